The average molecular weight is 494 g/mol. The van der Waals surface area contributed by atoms with E-state index in [9.17, 15) is 0 Å². The summed E-state index contributed by atoms with van der Waals surface area (Å²) in [6, 6.07) is 2.27. The van der Waals surface area contributed by atoms with E-state index in [1.165, 1.54) is 12.0 Å². The van der Waals surface area contributed by atoms with Crippen molar-refractivity contribution < 1.29 is 4.74 Å². The Morgan fingerprint density at radius 1 is 1.35 bits per heavy atom. The summed E-state index contributed by atoms with van der Waals surface area (Å²) in [5.41, 5.74) is 1.51. The molecule has 1 unspecified atom stereocenters. The molecule has 0 spiro atoms. The molecule has 0 saturated heterocycles. The zero-order chi connectivity index (χ0) is 18.1. The highest BCUT2D eigenvalue weighted by atomic mass is 127. The second kappa shape index (κ2) is 12.9. The van der Waals surface area contributed by atoms with Crippen molar-refractivity contribution in [3.8, 4) is 0 Å². The molecule has 0 aliphatic carbocycles. The molecule has 1 aliphatic rings. The fourth-order valence-corrected chi connectivity index (χ4v) is 4.10. The van der Waals surface area contributed by atoms with Gasteiger partial charge in [0.25, 0.3) is 0 Å². The maximum atomic E-state index is 5.80. The van der Waals surface area contributed by atoms with E-state index in [0.29, 0.717) is 12.0 Å². The molecule has 1 aromatic heterocycles. The summed E-state index contributed by atoms with van der Waals surface area (Å²) < 4.78 is 5.80. The van der Waals surface area contributed by atoms with Crippen LogP contribution in [0.25, 0.3) is 0 Å². The lowest BCUT2D eigenvalue weighted by Crippen LogP contribution is -2.43. The number of guanidine groups is 1. The van der Waals surface area contributed by atoms with Gasteiger partial charge in [-0.15, -0.1) is 35.3 Å². The van der Waals surface area contributed by atoms with Gasteiger partial charge in [-0.3, -0.25) is 9.89 Å². The number of rotatable bonds is 9. The Bertz CT molecular complexity index is 535. The van der Waals surface area contributed by atoms with Gasteiger partial charge in [-0.25, -0.2) is 0 Å². The Hall–Kier alpha value is -0.380. The SMILES string of the molecule is CCOC(CCNC(=NC)NCCN1CCc2sccc2C1)C(C)C.I. The molecular weight excluding hydrogens is 459 g/mol. The summed E-state index contributed by atoms with van der Waals surface area (Å²) in [4.78, 5) is 8.40. The summed E-state index contributed by atoms with van der Waals surface area (Å²) in [5, 5.41) is 9.05. The third-order valence-electron chi connectivity index (χ3n) is 4.68. The van der Waals surface area contributed by atoms with Crippen LogP contribution in [0.1, 0.15) is 37.6 Å². The van der Waals surface area contributed by atoms with Gasteiger partial charge in [0.05, 0.1) is 6.10 Å². The van der Waals surface area contributed by atoms with Gasteiger partial charge >= 0.3 is 0 Å². The van der Waals surface area contributed by atoms with Crippen molar-refractivity contribution in [2.75, 3.05) is 39.8 Å². The number of nitrogens with zero attached hydrogens (tertiary/aromatic N) is 2. The molecule has 1 aromatic rings. The van der Waals surface area contributed by atoms with Crippen molar-refractivity contribution in [2.24, 2.45) is 10.9 Å². The Morgan fingerprint density at radius 2 is 2.12 bits per heavy atom. The van der Waals surface area contributed by atoms with Crippen LogP contribution < -0.4 is 10.6 Å². The third-order valence-corrected chi connectivity index (χ3v) is 5.70. The fraction of sp³-hybridized carbons (Fsp3) is 0.737. The molecule has 0 saturated carbocycles. The van der Waals surface area contributed by atoms with Crippen molar-refractivity contribution in [1.82, 2.24) is 15.5 Å². The molecule has 0 bridgehead atoms. The lowest BCUT2D eigenvalue weighted by molar-refractivity contribution is 0.0258. The Kier molecular flexibility index (Phi) is 11.7. The Balaban J connectivity index is 0.00000338. The number of nitrogens with one attached hydrogen (secondary N) is 2. The van der Waals surface area contributed by atoms with Gasteiger partial charge in [0, 0.05) is 51.3 Å². The van der Waals surface area contributed by atoms with Crippen LogP contribution >= 0.6 is 35.3 Å². The van der Waals surface area contributed by atoms with Crippen LogP contribution in [0.2, 0.25) is 0 Å². The van der Waals surface area contributed by atoms with Gasteiger partial charge in [0.1, 0.15) is 0 Å². The van der Waals surface area contributed by atoms with Crippen LogP contribution in [-0.4, -0.2) is 56.8 Å². The predicted octanol–water partition coefficient (Wildman–Crippen LogP) is 3.34. The van der Waals surface area contributed by atoms with E-state index in [1.54, 1.807) is 4.88 Å². The highest BCUT2D eigenvalue weighted by Crippen LogP contribution is 2.23. The fourth-order valence-electron chi connectivity index (χ4n) is 3.21. The number of thiophene rings is 1. The van der Waals surface area contributed by atoms with Gasteiger partial charge in [0.15, 0.2) is 5.96 Å². The maximum absolute atomic E-state index is 5.80. The van der Waals surface area contributed by atoms with Crippen LogP contribution in [0.5, 0.6) is 0 Å². The van der Waals surface area contributed by atoms with Crippen LogP contribution in [-0.2, 0) is 17.7 Å². The van der Waals surface area contributed by atoms with Crippen molar-refractivity contribution in [2.45, 2.75) is 46.3 Å². The molecule has 2 rings (SSSR count). The monoisotopic (exact) mass is 494 g/mol. The zero-order valence-corrected chi connectivity index (χ0v) is 19.7. The summed E-state index contributed by atoms with van der Waals surface area (Å²) >= 11 is 1.89. The van der Waals surface area contributed by atoms with Gasteiger partial charge in [0.2, 0.25) is 0 Å². The quantitative estimate of drug-likeness (QED) is 0.314. The molecule has 26 heavy (non-hydrogen) atoms. The molecule has 2 N–H and O–H groups in total. The second-order valence-electron chi connectivity index (χ2n) is 6.85. The van der Waals surface area contributed by atoms with Gasteiger partial charge in [-0.05, 0) is 42.7 Å². The molecule has 0 radical (unpaired) electrons. The maximum Gasteiger partial charge on any atom is 0.191 e. The summed E-state index contributed by atoms with van der Waals surface area (Å²) in [5.74, 6) is 1.42. The lowest BCUT2D eigenvalue weighted by atomic mass is 10.0. The van der Waals surface area contributed by atoms with Gasteiger partial charge in [-0.2, -0.15) is 0 Å². The second-order valence-corrected chi connectivity index (χ2v) is 7.85. The van der Waals surface area contributed by atoms with Gasteiger partial charge < -0.3 is 15.4 Å². The first-order chi connectivity index (χ1) is 12.1. The molecule has 5 nitrogen and oxygen atoms in total. The smallest absolute Gasteiger partial charge is 0.191 e. The van der Waals surface area contributed by atoms with E-state index in [1.807, 2.05) is 18.4 Å². The number of hydrogen-bond donors (Lipinski definition) is 2. The van der Waals surface area contributed by atoms with Crippen LogP contribution in [0.15, 0.2) is 16.4 Å². The highest BCUT2D eigenvalue weighted by Gasteiger charge is 2.17. The van der Waals surface area contributed by atoms with Crippen molar-refractivity contribution >= 4 is 41.3 Å². The standard InChI is InChI=1S/C19H34N4OS.HI/c1-5-24-17(15(2)3)6-9-21-19(20-4)22-10-12-23-11-7-18-16(14-23)8-13-25-18;/h8,13,15,17H,5-7,9-12,14H2,1-4H3,(H2,20,21,22);1H. The summed E-state index contributed by atoms with van der Waals surface area (Å²) in [6.45, 7) is 12.3. The van der Waals surface area contributed by atoms with E-state index in [0.717, 1.165) is 51.7 Å². The number of hydrogen-bond acceptors (Lipinski definition) is 4. The van der Waals surface area contributed by atoms with E-state index in [2.05, 4.69) is 52.7 Å². The molecule has 150 valence electrons. The van der Waals surface area contributed by atoms with E-state index in [-0.39, 0.29) is 24.0 Å². The van der Waals surface area contributed by atoms with Crippen LogP contribution in [0, 0.1) is 5.92 Å². The van der Waals surface area contributed by atoms with Crippen LogP contribution in [0.4, 0.5) is 0 Å². The number of halogens is 1. The van der Waals surface area contributed by atoms with Gasteiger partial charge in [-0.1, -0.05) is 13.8 Å². The molecule has 1 atom stereocenters. The average Bonchev–Trinajstić information content (AvgIpc) is 3.07. The van der Waals surface area contributed by atoms with E-state index >= 15 is 0 Å². The molecule has 0 fully saturated rings. The first-order valence-corrected chi connectivity index (χ1v) is 10.4. The molecule has 7 heteroatoms. The predicted molar refractivity (Wildman–Crippen MR) is 123 cm³/mol. The number of fused-ring (bicyclic) bond motifs is 1. The molecule has 1 aliphatic heterocycles. The first-order valence-electron chi connectivity index (χ1n) is 9.47. The normalized spacial score (nSPS) is 16.1. The van der Waals surface area contributed by atoms with Crippen molar-refractivity contribution in [3.05, 3.63) is 21.9 Å². The number of ether oxygens (including phenoxy) is 1. The minimum Gasteiger partial charge on any atom is -0.378 e. The molecule has 0 amide bonds. The largest absolute Gasteiger partial charge is 0.378 e. The van der Waals surface area contributed by atoms with E-state index in [4.69, 9.17) is 4.74 Å². The Labute approximate surface area is 180 Å². The van der Waals surface area contributed by atoms with Crippen LogP contribution in [0.3, 0.4) is 0 Å². The lowest BCUT2D eigenvalue weighted by Gasteiger charge is -2.27. The summed E-state index contributed by atoms with van der Waals surface area (Å²) in [7, 11) is 1.83. The van der Waals surface area contributed by atoms with Crippen molar-refractivity contribution in [3.63, 3.8) is 0 Å². The molecule has 2 heterocycles. The molecular formula is C19H35IN4OS. The Morgan fingerprint density at radius 3 is 2.81 bits per heavy atom. The van der Waals surface area contributed by atoms with E-state index < -0.39 is 0 Å². The van der Waals surface area contributed by atoms with Crippen molar-refractivity contribution in [1.29, 1.82) is 0 Å². The summed E-state index contributed by atoms with van der Waals surface area (Å²) in [6.07, 6.45) is 2.50. The molecule has 0 aromatic carbocycles. The minimum atomic E-state index is 0. The third kappa shape index (κ3) is 7.70. The highest BCUT2D eigenvalue weighted by molar-refractivity contribution is 14.0. The first kappa shape index (κ1) is 23.7. The minimum absolute atomic E-state index is 0. The zero-order valence-electron chi connectivity index (χ0n) is 16.6. The number of aliphatic imine (C=N–C) groups is 1. The topological polar surface area (TPSA) is 48.9 Å².